The number of ether oxygens (including phenoxy) is 1. The second-order valence-corrected chi connectivity index (χ2v) is 5.78. The van der Waals surface area contributed by atoms with Crippen LogP contribution in [0.4, 0.5) is 0 Å². The number of nitrogens with zero attached hydrogens (tertiary/aromatic N) is 1. The number of piperidine rings is 1. The van der Waals surface area contributed by atoms with Gasteiger partial charge in [-0.15, -0.1) is 0 Å². The van der Waals surface area contributed by atoms with Crippen molar-refractivity contribution in [1.29, 1.82) is 0 Å². The molecule has 2 fully saturated rings. The van der Waals surface area contributed by atoms with E-state index in [1.165, 1.54) is 12.8 Å². The first kappa shape index (κ1) is 15.3. The van der Waals surface area contributed by atoms with Gasteiger partial charge in [0.2, 0.25) is 5.91 Å². The largest absolute Gasteiger partial charge is 0.465 e. The summed E-state index contributed by atoms with van der Waals surface area (Å²) in [5.41, 5.74) is 0. The zero-order valence-corrected chi connectivity index (χ0v) is 12.4. The molecule has 1 atom stereocenters. The van der Waals surface area contributed by atoms with Crippen molar-refractivity contribution >= 4 is 11.9 Å². The Morgan fingerprint density at radius 1 is 1.15 bits per heavy atom. The summed E-state index contributed by atoms with van der Waals surface area (Å²) < 4.78 is 5.11. The summed E-state index contributed by atoms with van der Waals surface area (Å²) in [6.07, 6.45) is 7.48. The third kappa shape index (κ3) is 4.20. The number of likely N-dealkylation sites (tertiary alicyclic amines) is 1. The summed E-state index contributed by atoms with van der Waals surface area (Å²) in [7, 11) is 0. The van der Waals surface area contributed by atoms with Gasteiger partial charge in [0.15, 0.2) is 0 Å². The van der Waals surface area contributed by atoms with Crippen molar-refractivity contribution in [2.45, 2.75) is 64.0 Å². The van der Waals surface area contributed by atoms with E-state index in [0.29, 0.717) is 19.2 Å². The van der Waals surface area contributed by atoms with E-state index in [9.17, 15) is 9.59 Å². The van der Waals surface area contributed by atoms with Crippen LogP contribution in [-0.2, 0) is 14.3 Å². The van der Waals surface area contributed by atoms with Crippen molar-refractivity contribution in [1.82, 2.24) is 10.2 Å². The first-order chi connectivity index (χ1) is 9.70. The molecule has 0 radical (unpaired) electrons. The van der Waals surface area contributed by atoms with Crippen molar-refractivity contribution < 1.29 is 14.3 Å². The molecule has 1 aliphatic carbocycles. The quantitative estimate of drug-likeness (QED) is 0.776. The van der Waals surface area contributed by atoms with E-state index in [1.807, 2.05) is 11.8 Å². The van der Waals surface area contributed by atoms with Gasteiger partial charge < -0.3 is 10.1 Å². The highest BCUT2D eigenvalue weighted by Gasteiger charge is 2.31. The number of nitrogens with one attached hydrogen (secondary N) is 1. The van der Waals surface area contributed by atoms with Gasteiger partial charge in [-0.3, -0.25) is 14.5 Å². The fourth-order valence-corrected chi connectivity index (χ4v) is 3.21. The minimum Gasteiger partial charge on any atom is -0.465 e. The van der Waals surface area contributed by atoms with Crippen LogP contribution >= 0.6 is 0 Å². The molecule has 20 heavy (non-hydrogen) atoms. The summed E-state index contributed by atoms with van der Waals surface area (Å²) in [5.74, 6) is -0.131. The number of carbonyl (C=O) groups is 2. The Morgan fingerprint density at radius 2 is 1.85 bits per heavy atom. The molecule has 1 heterocycles. The third-order valence-corrected chi connectivity index (χ3v) is 4.24. The maximum absolute atomic E-state index is 12.1. The molecule has 0 aromatic heterocycles. The van der Waals surface area contributed by atoms with Gasteiger partial charge in [-0.25, -0.2) is 0 Å². The highest BCUT2D eigenvalue weighted by Crippen LogP contribution is 2.19. The van der Waals surface area contributed by atoms with E-state index in [0.717, 1.165) is 38.6 Å². The Labute approximate surface area is 121 Å². The Morgan fingerprint density at radius 3 is 2.55 bits per heavy atom. The predicted octanol–water partition coefficient (Wildman–Crippen LogP) is 1.46. The molecule has 1 unspecified atom stereocenters. The molecular formula is C15H26N2O3. The molecule has 114 valence electrons. The highest BCUT2D eigenvalue weighted by molar-refractivity contribution is 5.80. The summed E-state index contributed by atoms with van der Waals surface area (Å²) in [6, 6.07) is 0.103. The average molecular weight is 282 g/mol. The molecule has 1 saturated carbocycles. The van der Waals surface area contributed by atoms with Gasteiger partial charge >= 0.3 is 5.97 Å². The fraction of sp³-hybridized carbons (Fsp3) is 0.867. The van der Waals surface area contributed by atoms with Crippen LogP contribution in [0.2, 0.25) is 0 Å². The molecule has 1 saturated heterocycles. The summed E-state index contributed by atoms with van der Waals surface area (Å²) in [5, 5.41) is 3.08. The molecule has 5 nitrogen and oxygen atoms in total. The van der Waals surface area contributed by atoms with Gasteiger partial charge in [0.25, 0.3) is 0 Å². The molecule has 0 spiro atoms. The Kier molecular flexibility index (Phi) is 5.83. The minimum absolute atomic E-state index is 0.0492. The van der Waals surface area contributed by atoms with Gasteiger partial charge in [0.1, 0.15) is 6.04 Å². The van der Waals surface area contributed by atoms with Gasteiger partial charge in [0.05, 0.1) is 13.2 Å². The molecule has 2 aliphatic rings. The lowest BCUT2D eigenvalue weighted by Gasteiger charge is -2.33. The minimum atomic E-state index is -0.238. The van der Waals surface area contributed by atoms with Crippen molar-refractivity contribution in [2.24, 2.45) is 0 Å². The zero-order chi connectivity index (χ0) is 14.4. The van der Waals surface area contributed by atoms with Crippen molar-refractivity contribution in [3.05, 3.63) is 0 Å². The SMILES string of the molecule is CCOC(=O)C1CCCCN1CC(=O)NC1CCCC1. The molecule has 0 bridgehead atoms. The topological polar surface area (TPSA) is 58.6 Å². The summed E-state index contributed by atoms with van der Waals surface area (Å²) >= 11 is 0. The van der Waals surface area contributed by atoms with Crippen LogP contribution in [0.25, 0.3) is 0 Å². The number of carbonyl (C=O) groups excluding carboxylic acids is 2. The van der Waals surface area contributed by atoms with Gasteiger partial charge in [-0.1, -0.05) is 19.3 Å². The van der Waals surface area contributed by atoms with E-state index < -0.39 is 0 Å². The first-order valence-corrected chi connectivity index (χ1v) is 7.90. The molecule has 2 rings (SSSR count). The smallest absolute Gasteiger partial charge is 0.323 e. The van der Waals surface area contributed by atoms with Crippen molar-refractivity contribution in [3.63, 3.8) is 0 Å². The Bertz CT molecular complexity index is 340. The predicted molar refractivity (Wildman–Crippen MR) is 76.2 cm³/mol. The number of rotatable bonds is 5. The van der Waals surface area contributed by atoms with Crippen LogP contribution < -0.4 is 5.32 Å². The second kappa shape index (κ2) is 7.62. The normalized spacial score (nSPS) is 24.6. The standard InChI is InChI=1S/C15H26N2O3/c1-2-20-15(19)13-9-5-6-10-17(13)11-14(18)16-12-7-3-4-8-12/h12-13H,2-11H2,1H3,(H,16,18). The summed E-state index contributed by atoms with van der Waals surface area (Å²) in [4.78, 5) is 26.0. The lowest BCUT2D eigenvalue weighted by atomic mass is 10.0. The number of hydrogen-bond donors (Lipinski definition) is 1. The van der Waals surface area contributed by atoms with Crippen molar-refractivity contribution in [3.8, 4) is 0 Å². The highest BCUT2D eigenvalue weighted by atomic mass is 16.5. The van der Waals surface area contributed by atoms with Crippen LogP contribution in [0.3, 0.4) is 0 Å². The van der Waals surface area contributed by atoms with E-state index >= 15 is 0 Å². The maximum Gasteiger partial charge on any atom is 0.323 e. The van der Waals surface area contributed by atoms with Gasteiger partial charge in [0, 0.05) is 6.04 Å². The van der Waals surface area contributed by atoms with Crippen LogP contribution in [0.1, 0.15) is 51.9 Å². The van der Waals surface area contributed by atoms with Crippen LogP contribution in [0, 0.1) is 0 Å². The molecule has 5 heteroatoms. The molecule has 1 amide bonds. The number of hydrogen-bond acceptors (Lipinski definition) is 4. The molecule has 1 N–H and O–H groups in total. The molecule has 1 aliphatic heterocycles. The summed E-state index contributed by atoms with van der Waals surface area (Å²) in [6.45, 7) is 3.34. The van der Waals surface area contributed by atoms with Gasteiger partial charge in [-0.05, 0) is 39.2 Å². The molecule has 0 aromatic carbocycles. The average Bonchev–Trinajstić information content (AvgIpc) is 2.92. The number of esters is 1. The third-order valence-electron chi connectivity index (χ3n) is 4.24. The van der Waals surface area contributed by atoms with Gasteiger partial charge in [-0.2, -0.15) is 0 Å². The van der Waals surface area contributed by atoms with E-state index in [-0.39, 0.29) is 17.9 Å². The lowest BCUT2D eigenvalue weighted by molar-refractivity contribution is -0.151. The van der Waals surface area contributed by atoms with Crippen LogP contribution in [0.15, 0.2) is 0 Å². The van der Waals surface area contributed by atoms with Crippen LogP contribution in [-0.4, -0.2) is 48.6 Å². The van der Waals surface area contributed by atoms with E-state index in [2.05, 4.69) is 5.32 Å². The molecular weight excluding hydrogens is 256 g/mol. The fourth-order valence-electron chi connectivity index (χ4n) is 3.21. The van der Waals surface area contributed by atoms with Crippen molar-refractivity contribution in [2.75, 3.05) is 19.7 Å². The Balaban J connectivity index is 1.84. The zero-order valence-electron chi connectivity index (χ0n) is 12.4. The Hall–Kier alpha value is -1.10. The first-order valence-electron chi connectivity index (χ1n) is 7.90. The maximum atomic E-state index is 12.1. The lowest BCUT2D eigenvalue weighted by Crippen LogP contribution is -2.50. The second-order valence-electron chi connectivity index (χ2n) is 5.78. The molecule has 0 aromatic rings. The monoisotopic (exact) mass is 282 g/mol. The number of amides is 1. The van der Waals surface area contributed by atoms with Crippen LogP contribution in [0.5, 0.6) is 0 Å². The van der Waals surface area contributed by atoms with E-state index in [1.54, 1.807) is 0 Å². The van der Waals surface area contributed by atoms with E-state index in [4.69, 9.17) is 4.74 Å².